The lowest BCUT2D eigenvalue weighted by Crippen LogP contribution is -2.36. The summed E-state index contributed by atoms with van der Waals surface area (Å²) in [5.41, 5.74) is 2.05. The molecule has 1 aliphatic rings. The van der Waals surface area contributed by atoms with Crippen LogP contribution < -0.4 is 10.6 Å². The van der Waals surface area contributed by atoms with E-state index in [0.29, 0.717) is 6.42 Å². The first-order valence-electron chi connectivity index (χ1n) is 6.03. The molecule has 0 spiro atoms. The van der Waals surface area contributed by atoms with Gasteiger partial charge in [-0.1, -0.05) is 5.16 Å². The van der Waals surface area contributed by atoms with E-state index in [1.54, 1.807) is 0 Å². The maximum absolute atomic E-state index is 11.1. The lowest BCUT2D eigenvalue weighted by atomic mass is 10.1. The molecule has 2 unspecified atom stereocenters. The summed E-state index contributed by atoms with van der Waals surface area (Å²) in [6.45, 7) is 6.74. The molecule has 94 valence electrons. The number of carbonyl (C=O) groups is 1. The Morgan fingerprint density at radius 2 is 2.35 bits per heavy atom. The molecule has 0 radical (unpaired) electrons. The molecular formula is C12H19N3O2. The van der Waals surface area contributed by atoms with Crippen LogP contribution in [0.3, 0.4) is 0 Å². The lowest BCUT2D eigenvalue weighted by molar-refractivity contribution is -0.119. The van der Waals surface area contributed by atoms with Crippen LogP contribution in [0.15, 0.2) is 4.52 Å². The maximum Gasteiger partial charge on any atom is 0.220 e. The minimum atomic E-state index is 0.154. The first kappa shape index (κ1) is 12.1. The van der Waals surface area contributed by atoms with Gasteiger partial charge in [0.15, 0.2) is 0 Å². The van der Waals surface area contributed by atoms with Crippen molar-refractivity contribution in [1.82, 2.24) is 15.8 Å². The van der Waals surface area contributed by atoms with Crippen LogP contribution in [0.25, 0.3) is 0 Å². The fourth-order valence-corrected chi connectivity index (χ4v) is 2.36. The van der Waals surface area contributed by atoms with Crippen LogP contribution in [-0.2, 0) is 4.79 Å². The number of hydrogen-bond donors (Lipinski definition) is 2. The normalized spacial score (nSPS) is 21.6. The van der Waals surface area contributed by atoms with Gasteiger partial charge in [-0.05, 0) is 27.2 Å². The van der Waals surface area contributed by atoms with Crippen molar-refractivity contribution in [2.75, 3.05) is 6.54 Å². The molecule has 1 aliphatic heterocycles. The molecule has 0 bridgehead atoms. The summed E-state index contributed by atoms with van der Waals surface area (Å²) in [7, 11) is 0. The van der Waals surface area contributed by atoms with Gasteiger partial charge < -0.3 is 15.2 Å². The van der Waals surface area contributed by atoms with E-state index in [2.05, 4.69) is 22.7 Å². The Balaban J connectivity index is 1.89. The van der Waals surface area contributed by atoms with Gasteiger partial charge in [0.1, 0.15) is 5.76 Å². The molecule has 0 saturated carbocycles. The molecule has 2 heterocycles. The van der Waals surface area contributed by atoms with Gasteiger partial charge in [-0.2, -0.15) is 0 Å². The minimum Gasteiger partial charge on any atom is -0.361 e. The van der Waals surface area contributed by atoms with Gasteiger partial charge in [0, 0.05) is 30.6 Å². The molecular weight excluding hydrogens is 218 g/mol. The Hall–Kier alpha value is -1.36. The summed E-state index contributed by atoms with van der Waals surface area (Å²) in [6.07, 6.45) is 1.56. The molecule has 0 aromatic carbocycles. The van der Waals surface area contributed by atoms with Gasteiger partial charge in [-0.25, -0.2) is 0 Å². The third-order valence-electron chi connectivity index (χ3n) is 3.28. The van der Waals surface area contributed by atoms with E-state index in [1.807, 2.05) is 13.8 Å². The number of amides is 1. The first-order chi connectivity index (χ1) is 8.08. The quantitative estimate of drug-likeness (QED) is 0.826. The molecule has 1 saturated heterocycles. The van der Waals surface area contributed by atoms with E-state index >= 15 is 0 Å². The van der Waals surface area contributed by atoms with Crippen molar-refractivity contribution in [3.63, 3.8) is 0 Å². The van der Waals surface area contributed by atoms with Crippen molar-refractivity contribution in [2.45, 2.75) is 45.7 Å². The van der Waals surface area contributed by atoms with Gasteiger partial charge in [0.2, 0.25) is 5.91 Å². The number of rotatable bonds is 4. The monoisotopic (exact) mass is 237 g/mol. The fraction of sp³-hybridized carbons (Fsp3) is 0.667. The highest BCUT2D eigenvalue weighted by atomic mass is 16.5. The van der Waals surface area contributed by atoms with Gasteiger partial charge in [0.25, 0.3) is 0 Å². The largest absolute Gasteiger partial charge is 0.361 e. The maximum atomic E-state index is 11.1. The summed E-state index contributed by atoms with van der Waals surface area (Å²) in [5, 5.41) is 10.3. The Morgan fingerprint density at radius 1 is 1.59 bits per heavy atom. The summed E-state index contributed by atoms with van der Waals surface area (Å²) in [5.74, 6) is 1.01. The van der Waals surface area contributed by atoms with E-state index < -0.39 is 0 Å². The van der Waals surface area contributed by atoms with Crippen LogP contribution in [0.4, 0.5) is 0 Å². The second-order valence-corrected chi connectivity index (χ2v) is 4.67. The predicted molar refractivity (Wildman–Crippen MR) is 63.6 cm³/mol. The van der Waals surface area contributed by atoms with Gasteiger partial charge in [0.05, 0.1) is 5.69 Å². The predicted octanol–water partition coefficient (Wildman–Crippen LogP) is 1.22. The molecule has 1 aromatic rings. The Bertz CT molecular complexity index is 394. The highest BCUT2D eigenvalue weighted by Gasteiger charge is 2.22. The molecule has 2 atom stereocenters. The lowest BCUT2D eigenvalue weighted by Gasteiger charge is -2.17. The van der Waals surface area contributed by atoms with Crippen LogP contribution in [-0.4, -0.2) is 23.7 Å². The Kier molecular flexibility index (Phi) is 3.47. The standard InChI is InChI=1S/C12H19N3O2/c1-7(12-8(2)15-17-9(12)3)13-6-10-4-5-11(16)14-10/h7,10,13H,4-6H2,1-3H3,(H,14,16). The van der Waals surface area contributed by atoms with Crippen LogP contribution in [0.2, 0.25) is 0 Å². The number of aromatic nitrogens is 1. The summed E-state index contributed by atoms with van der Waals surface area (Å²) >= 11 is 0. The highest BCUT2D eigenvalue weighted by Crippen LogP contribution is 2.21. The third-order valence-corrected chi connectivity index (χ3v) is 3.28. The molecule has 2 N–H and O–H groups in total. The van der Waals surface area contributed by atoms with Crippen molar-refractivity contribution >= 4 is 5.91 Å². The minimum absolute atomic E-state index is 0.154. The average Bonchev–Trinajstić information content (AvgIpc) is 2.83. The van der Waals surface area contributed by atoms with Gasteiger partial charge in [-0.15, -0.1) is 0 Å². The molecule has 1 fully saturated rings. The number of nitrogens with zero attached hydrogens (tertiary/aromatic N) is 1. The van der Waals surface area contributed by atoms with Crippen LogP contribution >= 0.6 is 0 Å². The van der Waals surface area contributed by atoms with Crippen molar-refractivity contribution in [2.24, 2.45) is 0 Å². The topological polar surface area (TPSA) is 67.2 Å². The smallest absolute Gasteiger partial charge is 0.220 e. The van der Waals surface area contributed by atoms with Crippen molar-refractivity contribution < 1.29 is 9.32 Å². The number of carbonyl (C=O) groups excluding carboxylic acids is 1. The molecule has 1 aromatic heterocycles. The van der Waals surface area contributed by atoms with Crippen LogP contribution in [0.5, 0.6) is 0 Å². The number of aryl methyl sites for hydroxylation is 2. The van der Waals surface area contributed by atoms with E-state index in [9.17, 15) is 4.79 Å². The third kappa shape index (κ3) is 2.66. The summed E-state index contributed by atoms with van der Waals surface area (Å²) < 4.78 is 5.15. The molecule has 0 aliphatic carbocycles. The Morgan fingerprint density at radius 3 is 2.88 bits per heavy atom. The average molecular weight is 237 g/mol. The zero-order valence-corrected chi connectivity index (χ0v) is 10.5. The van der Waals surface area contributed by atoms with Crippen molar-refractivity contribution in [3.8, 4) is 0 Å². The van der Waals surface area contributed by atoms with E-state index in [-0.39, 0.29) is 18.0 Å². The van der Waals surface area contributed by atoms with E-state index in [1.165, 1.54) is 0 Å². The van der Waals surface area contributed by atoms with Gasteiger partial charge >= 0.3 is 0 Å². The van der Waals surface area contributed by atoms with Gasteiger partial charge in [-0.3, -0.25) is 4.79 Å². The zero-order valence-electron chi connectivity index (χ0n) is 10.5. The second-order valence-electron chi connectivity index (χ2n) is 4.67. The number of nitrogens with one attached hydrogen (secondary N) is 2. The van der Waals surface area contributed by atoms with Crippen LogP contribution in [0.1, 0.15) is 42.8 Å². The van der Waals surface area contributed by atoms with Crippen LogP contribution in [0, 0.1) is 13.8 Å². The number of hydrogen-bond acceptors (Lipinski definition) is 4. The summed E-state index contributed by atoms with van der Waals surface area (Å²) in [6, 6.07) is 0.448. The Labute approximate surface area is 101 Å². The van der Waals surface area contributed by atoms with E-state index in [4.69, 9.17) is 4.52 Å². The molecule has 2 rings (SSSR count). The molecule has 5 nitrogen and oxygen atoms in total. The summed E-state index contributed by atoms with van der Waals surface area (Å²) in [4.78, 5) is 11.1. The highest BCUT2D eigenvalue weighted by molar-refractivity contribution is 5.78. The van der Waals surface area contributed by atoms with Crippen molar-refractivity contribution in [1.29, 1.82) is 0 Å². The SMILES string of the molecule is Cc1noc(C)c1C(C)NCC1CCC(=O)N1. The van der Waals surface area contributed by atoms with Crippen molar-refractivity contribution in [3.05, 3.63) is 17.0 Å². The molecule has 5 heteroatoms. The second kappa shape index (κ2) is 4.87. The molecule has 1 amide bonds. The van der Waals surface area contributed by atoms with E-state index in [0.717, 1.165) is 30.0 Å². The molecule has 17 heavy (non-hydrogen) atoms. The first-order valence-corrected chi connectivity index (χ1v) is 6.03. The fourth-order valence-electron chi connectivity index (χ4n) is 2.36. The zero-order chi connectivity index (χ0) is 12.4.